The van der Waals surface area contributed by atoms with Gasteiger partial charge in [-0.2, -0.15) is 0 Å². The zero-order valence-electron chi connectivity index (χ0n) is 16.6. The molecule has 2 rings (SSSR count). The average molecular weight is 445 g/mol. The monoisotopic (exact) mass is 444 g/mol. The third-order valence-electron chi connectivity index (χ3n) is 5.42. The molecule has 0 unspecified atom stereocenters. The Morgan fingerprint density at radius 1 is 1.19 bits per heavy atom. The summed E-state index contributed by atoms with van der Waals surface area (Å²) in [4.78, 5) is -0.123. The lowest BCUT2D eigenvalue weighted by Crippen LogP contribution is -2.50. The fraction of sp³-hybridized carbons (Fsp3) is 0.700. The second-order valence-electron chi connectivity index (χ2n) is 8.62. The van der Waals surface area contributed by atoms with Gasteiger partial charge in [0, 0.05) is 6.42 Å². The van der Waals surface area contributed by atoms with Crippen molar-refractivity contribution in [1.29, 1.82) is 0 Å². The zero-order chi connectivity index (χ0) is 19.4. The quantitative estimate of drug-likeness (QED) is 0.496. The number of ether oxygens (including phenoxy) is 2. The molecule has 6 heteroatoms. The molecule has 1 aromatic rings. The number of aliphatic hydroxyl groups excluding tert-OH is 1. The highest BCUT2D eigenvalue weighted by atomic mass is 79.9. The molecule has 148 valence electrons. The Bertz CT molecular complexity index is 546. The van der Waals surface area contributed by atoms with Gasteiger partial charge in [0.2, 0.25) is 0 Å². The maximum absolute atomic E-state index is 10.4. The van der Waals surface area contributed by atoms with Gasteiger partial charge >= 0.3 is 0 Å². The molecule has 4 nitrogen and oxygen atoms in total. The van der Waals surface area contributed by atoms with Crippen LogP contribution >= 0.6 is 15.9 Å². The molecular formula is C20H33BrO4Si. The molecule has 0 saturated carbocycles. The molecule has 1 aliphatic heterocycles. The van der Waals surface area contributed by atoms with Crippen molar-refractivity contribution in [2.45, 2.75) is 75.1 Å². The predicted molar refractivity (Wildman–Crippen MR) is 111 cm³/mol. The summed E-state index contributed by atoms with van der Waals surface area (Å²) in [6.07, 6.45) is -0.157. The van der Waals surface area contributed by atoms with Crippen molar-refractivity contribution in [3.63, 3.8) is 0 Å². The summed E-state index contributed by atoms with van der Waals surface area (Å²) < 4.78 is 18.3. The van der Waals surface area contributed by atoms with Crippen LogP contribution in [0.25, 0.3) is 0 Å². The normalized spacial score (nSPS) is 27.5. The van der Waals surface area contributed by atoms with Crippen LogP contribution in [0, 0.1) is 0 Å². The fourth-order valence-corrected chi connectivity index (χ4v) is 4.18. The van der Waals surface area contributed by atoms with E-state index < -0.39 is 14.4 Å². The molecule has 0 radical (unpaired) electrons. The van der Waals surface area contributed by atoms with Crippen molar-refractivity contribution >= 4 is 24.2 Å². The first kappa shape index (κ1) is 22.1. The second kappa shape index (κ2) is 9.30. The number of rotatable bonds is 7. The molecule has 1 aliphatic rings. The number of aliphatic hydroxyl groups is 1. The van der Waals surface area contributed by atoms with E-state index >= 15 is 0 Å². The maximum Gasteiger partial charge on any atom is 0.192 e. The Kier molecular flexibility index (Phi) is 7.89. The van der Waals surface area contributed by atoms with E-state index in [1.807, 2.05) is 30.3 Å². The van der Waals surface area contributed by atoms with Crippen LogP contribution in [0.3, 0.4) is 0 Å². The first-order chi connectivity index (χ1) is 12.1. The standard InChI is InChI=1S/C20H33BrO4Si/c1-20(2,3)26(4,5)24-13-16-11-17(22)19(21)18(25-16)14-23-12-15-9-7-6-8-10-15/h6-10,16-19,22H,11-14H2,1-5H3/t16-,17+,18-,19-/m1/s1. The highest BCUT2D eigenvalue weighted by molar-refractivity contribution is 9.09. The summed E-state index contributed by atoms with van der Waals surface area (Å²) >= 11 is 3.57. The lowest BCUT2D eigenvalue weighted by molar-refractivity contribution is -0.127. The van der Waals surface area contributed by atoms with Crippen LogP contribution < -0.4 is 0 Å². The van der Waals surface area contributed by atoms with Crippen LogP contribution in [0.4, 0.5) is 0 Å². The molecule has 0 spiro atoms. The number of benzene rings is 1. The molecule has 1 fully saturated rings. The minimum atomic E-state index is -1.82. The van der Waals surface area contributed by atoms with Crippen molar-refractivity contribution in [3.05, 3.63) is 35.9 Å². The van der Waals surface area contributed by atoms with Crippen molar-refractivity contribution in [2.75, 3.05) is 13.2 Å². The Labute approximate surface area is 167 Å². The van der Waals surface area contributed by atoms with Gasteiger partial charge in [-0.05, 0) is 23.7 Å². The van der Waals surface area contributed by atoms with E-state index in [1.54, 1.807) is 0 Å². The van der Waals surface area contributed by atoms with Gasteiger partial charge in [0.15, 0.2) is 8.32 Å². The van der Waals surface area contributed by atoms with Gasteiger partial charge in [-0.15, -0.1) is 0 Å². The van der Waals surface area contributed by atoms with Crippen molar-refractivity contribution in [2.24, 2.45) is 0 Å². The van der Waals surface area contributed by atoms with Crippen molar-refractivity contribution in [1.82, 2.24) is 0 Å². The Morgan fingerprint density at radius 2 is 1.85 bits per heavy atom. The summed E-state index contributed by atoms with van der Waals surface area (Å²) in [6, 6.07) is 10.1. The number of hydrogen-bond acceptors (Lipinski definition) is 4. The number of alkyl halides is 1. The molecule has 1 aromatic carbocycles. The van der Waals surface area contributed by atoms with Gasteiger partial charge in [-0.3, -0.25) is 0 Å². The molecule has 1 saturated heterocycles. The van der Waals surface area contributed by atoms with Gasteiger partial charge < -0.3 is 19.0 Å². The van der Waals surface area contributed by atoms with E-state index in [-0.39, 0.29) is 22.1 Å². The van der Waals surface area contributed by atoms with Crippen LogP contribution in [0.1, 0.15) is 32.8 Å². The first-order valence-corrected chi connectivity index (χ1v) is 13.2. The van der Waals surface area contributed by atoms with E-state index in [2.05, 4.69) is 49.8 Å². The van der Waals surface area contributed by atoms with Gasteiger partial charge in [0.05, 0.1) is 43.0 Å². The van der Waals surface area contributed by atoms with Crippen LogP contribution in [-0.2, 0) is 20.5 Å². The van der Waals surface area contributed by atoms with E-state index in [0.29, 0.717) is 26.2 Å². The predicted octanol–water partition coefficient (Wildman–Crippen LogP) is 4.51. The average Bonchev–Trinajstić information content (AvgIpc) is 2.57. The summed E-state index contributed by atoms with van der Waals surface area (Å²) in [5, 5.41) is 10.6. The Hall–Kier alpha value is -0.243. The molecule has 0 aromatic heterocycles. The summed E-state index contributed by atoms with van der Waals surface area (Å²) in [5.74, 6) is 0. The van der Waals surface area contributed by atoms with Gasteiger partial charge in [0.1, 0.15) is 0 Å². The summed E-state index contributed by atoms with van der Waals surface area (Å²) in [7, 11) is -1.82. The van der Waals surface area contributed by atoms with Crippen molar-refractivity contribution < 1.29 is 19.0 Å². The summed E-state index contributed by atoms with van der Waals surface area (Å²) in [5.41, 5.74) is 1.13. The number of hydrogen-bond donors (Lipinski definition) is 1. The Balaban J connectivity index is 1.85. The van der Waals surface area contributed by atoms with Crippen LogP contribution in [0.5, 0.6) is 0 Å². The van der Waals surface area contributed by atoms with E-state index in [9.17, 15) is 5.11 Å². The lowest BCUT2D eigenvalue weighted by Gasteiger charge is -2.40. The molecule has 0 bridgehead atoms. The van der Waals surface area contributed by atoms with Gasteiger partial charge in [0.25, 0.3) is 0 Å². The highest BCUT2D eigenvalue weighted by Gasteiger charge is 2.40. The minimum absolute atomic E-state index is 0.0988. The van der Waals surface area contributed by atoms with Crippen molar-refractivity contribution in [3.8, 4) is 0 Å². The number of halogens is 1. The molecule has 26 heavy (non-hydrogen) atoms. The van der Waals surface area contributed by atoms with Crippen LogP contribution in [0.15, 0.2) is 30.3 Å². The molecule has 4 atom stereocenters. The molecule has 0 aliphatic carbocycles. The maximum atomic E-state index is 10.4. The van der Waals surface area contributed by atoms with Crippen LogP contribution in [0.2, 0.25) is 18.1 Å². The van der Waals surface area contributed by atoms with E-state index in [4.69, 9.17) is 13.9 Å². The molecular weight excluding hydrogens is 412 g/mol. The largest absolute Gasteiger partial charge is 0.414 e. The van der Waals surface area contributed by atoms with E-state index in [1.165, 1.54) is 0 Å². The molecule has 0 amide bonds. The summed E-state index contributed by atoms with van der Waals surface area (Å²) in [6.45, 7) is 12.7. The lowest BCUT2D eigenvalue weighted by atomic mass is 10.0. The topological polar surface area (TPSA) is 47.9 Å². The third kappa shape index (κ3) is 6.14. The third-order valence-corrected chi connectivity index (χ3v) is 11.1. The second-order valence-corrected chi connectivity index (χ2v) is 14.5. The van der Waals surface area contributed by atoms with E-state index in [0.717, 1.165) is 5.56 Å². The smallest absolute Gasteiger partial charge is 0.192 e. The minimum Gasteiger partial charge on any atom is -0.414 e. The van der Waals surface area contributed by atoms with Gasteiger partial charge in [-0.25, -0.2) is 0 Å². The first-order valence-electron chi connectivity index (χ1n) is 9.33. The molecule has 1 heterocycles. The van der Waals surface area contributed by atoms with Gasteiger partial charge in [-0.1, -0.05) is 67.0 Å². The molecule has 1 N–H and O–H groups in total. The zero-order valence-corrected chi connectivity index (χ0v) is 19.2. The highest BCUT2D eigenvalue weighted by Crippen LogP contribution is 2.37. The SMILES string of the molecule is CC(C)(C)[Si](C)(C)OC[C@H]1C[C@H](O)[C@@H](Br)[C@@H](COCc2ccccc2)O1. The fourth-order valence-electron chi connectivity index (χ4n) is 2.65. The van der Waals surface area contributed by atoms with Crippen LogP contribution in [-0.4, -0.2) is 49.8 Å². The Morgan fingerprint density at radius 3 is 2.46 bits per heavy atom.